The number of carbonyl (C=O) groups excluding carboxylic acids is 2. The molecule has 13 nitrogen and oxygen atoms in total. The number of esters is 2. The molecule has 1 saturated carbocycles. The summed E-state index contributed by atoms with van der Waals surface area (Å²) >= 11 is 0. The Morgan fingerprint density at radius 3 is 1.38 bits per heavy atom. The van der Waals surface area contributed by atoms with Gasteiger partial charge >= 0.3 is 19.8 Å². The first kappa shape index (κ1) is 52.6. The summed E-state index contributed by atoms with van der Waals surface area (Å²) in [7, 11) is -5.11. The fraction of sp³-hybridized carbons (Fsp3) is 0.905. The van der Waals surface area contributed by atoms with Gasteiger partial charge in [-0.15, -0.1) is 6.58 Å². The van der Waals surface area contributed by atoms with Crippen molar-refractivity contribution in [2.24, 2.45) is 0 Å². The van der Waals surface area contributed by atoms with E-state index >= 15 is 0 Å². The Morgan fingerprint density at radius 1 is 0.571 bits per heavy atom. The van der Waals surface area contributed by atoms with E-state index in [4.69, 9.17) is 18.5 Å². The Kier molecular flexibility index (Phi) is 31.4. The maximum absolute atomic E-state index is 12.8. The second-order valence-corrected chi connectivity index (χ2v) is 17.1. The Bertz CT molecular complexity index is 1030. The van der Waals surface area contributed by atoms with Crippen molar-refractivity contribution in [2.75, 3.05) is 13.2 Å². The number of carbonyl (C=O) groups is 2. The number of phosphoric ester groups is 1. The molecule has 0 aromatic rings. The summed E-state index contributed by atoms with van der Waals surface area (Å²) in [6.45, 7) is 4.82. The van der Waals surface area contributed by atoms with Gasteiger partial charge in [0.2, 0.25) is 0 Å². The first-order chi connectivity index (χ1) is 26.9. The van der Waals surface area contributed by atoms with E-state index in [0.717, 1.165) is 51.4 Å². The number of unbranched alkanes of at least 4 members (excludes halogenated alkanes) is 24. The molecule has 1 rings (SSSR count). The molecule has 330 valence electrons. The molecule has 6 N–H and O–H groups in total. The van der Waals surface area contributed by atoms with Crippen molar-refractivity contribution < 1.29 is 63.1 Å². The summed E-state index contributed by atoms with van der Waals surface area (Å²) in [6.07, 6.45) is 18.8. The number of aliphatic hydroxyl groups is 5. The van der Waals surface area contributed by atoms with E-state index in [-0.39, 0.29) is 12.8 Å². The van der Waals surface area contributed by atoms with Crippen LogP contribution in [0.25, 0.3) is 0 Å². The SMILES string of the molecule is C=CCCCCCCCCCCCCCCCC(=O)O[C@H](COC(=O)CCCCCCCCCCCCCC)COP(=O)(O)OC1C(O)C(O)C(O)[C@H](O)C1O. The van der Waals surface area contributed by atoms with E-state index in [0.29, 0.717) is 12.8 Å². The fourth-order valence-corrected chi connectivity index (χ4v) is 7.89. The first-order valence-corrected chi connectivity index (χ1v) is 23.4. The van der Waals surface area contributed by atoms with Gasteiger partial charge in [-0.2, -0.15) is 0 Å². The number of hydrogen-bond acceptors (Lipinski definition) is 12. The average molecular weight is 823 g/mol. The van der Waals surface area contributed by atoms with Crippen molar-refractivity contribution >= 4 is 19.8 Å². The van der Waals surface area contributed by atoms with E-state index < -0.39 is 75.7 Å². The highest BCUT2D eigenvalue weighted by Gasteiger charge is 2.51. The van der Waals surface area contributed by atoms with Crippen molar-refractivity contribution in [3.63, 3.8) is 0 Å². The third-order valence-electron chi connectivity index (χ3n) is 10.5. The Labute approximate surface area is 337 Å². The highest BCUT2D eigenvalue weighted by Crippen LogP contribution is 2.47. The van der Waals surface area contributed by atoms with Gasteiger partial charge in [0, 0.05) is 12.8 Å². The minimum Gasteiger partial charge on any atom is -0.462 e. The van der Waals surface area contributed by atoms with Crippen molar-refractivity contribution in [2.45, 2.75) is 229 Å². The van der Waals surface area contributed by atoms with Crippen LogP contribution in [0.2, 0.25) is 0 Å². The highest BCUT2D eigenvalue weighted by molar-refractivity contribution is 7.47. The van der Waals surface area contributed by atoms with Crippen LogP contribution in [0.3, 0.4) is 0 Å². The third-order valence-corrected chi connectivity index (χ3v) is 11.5. The van der Waals surface area contributed by atoms with Crippen molar-refractivity contribution in [1.82, 2.24) is 0 Å². The molecule has 0 aliphatic heterocycles. The zero-order valence-electron chi connectivity index (χ0n) is 34.5. The summed E-state index contributed by atoms with van der Waals surface area (Å²) in [6, 6.07) is 0. The zero-order valence-corrected chi connectivity index (χ0v) is 35.4. The lowest BCUT2D eigenvalue weighted by Crippen LogP contribution is -2.64. The molecular weight excluding hydrogens is 743 g/mol. The maximum atomic E-state index is 12.8. The number of allylic oxidation sites excluding steroid dienone is 1. The molecule has 1 aliphatic carbocycles. The smallest absolute Gasteiger partial charge is 0.462 e. The zero-order chi connectivity index (χ0) is 41.4. The Hall–Kier alpha value is -1.41. The van der Waals surface area contributed by atoms with Gasteiger partial charge in [0.25, 0.3) is 0 Å². The van der Waals surface area contributed by atoms with Crippen LogP contribution in [0, 0.1) is 0 Å². The van der Waals surface area contributed by atoms with Crippen LogP contribution in [0.5, 0.6) is 0 Å². The molecule has 0 aromatic heterocycles. The number of rotatable bonds is 37. The minimum absolute atomic E-state index is 0.0992. The Balaban J connectivity index is 2.47. The van der Waals surface area contributed by atoms with E-state index in [1.165, 1.54) is 103 Å². The van der Waals surface area contributed by atoms with Crippen LogP contribution < -0.4 is 0 Å². The molecule has 56 heavy (non-hydrogen) atoms. The molecule has 0 spiro atoms. The molecule has 8 atom stereocenters. The maximum Gasteiger partial charge on any atom is 0.472 e. The fourth-order valence-electron chi connectivity index (χ4n) is 6.91. The second-order valence-electron chi connectivity index (χ2n) is 15.6. The average Bonchev–Trinajstić information content (AvgIpc) is 3.18. The lowest BCUT2D eigenvalue weighted by molar-refractivity contribution is -0.220. The molecule has 0 saturated heterocycles. The topological polar surface area (TPSA) is 210 Å². The molecule has 14 heteroatoms. The monoisotopic (exact) mass is 823 g/mol. The number of hydrogen-bond donors (Lipinski definition) is 6. The van der Waals surface area contributed by atoms with Crippen molar-refractivity contribution in [3.8, 4) is 0 Å². The van der Waals surface area contributed by atoms with Gasteiger partial charge in [0.1, 0.15) is 43.2 Å². The van der Waals surface area contributed by atoms with E-state index in [9.17, 15) is 44.6 Å². The van der Waals surface area contributed by atoms with Gasteiger partial charge in [0.15, 0.2) is 6.10 Å². The quantitative estimate of drug-likeness (QED) is 0.0153. The van der Waals surface area contributed by atoms with Gasteiger partial charge in [-0.1, -0.05) is 154 Å². The van der Waals surface area contributed by atoms with Gasteiger partial charge in [0.05, 0.1) is 6.61 Å². The predicted molar refractivity (Wildman–Crippen MR) is 217 cm³/mol. The van der Waals surface area contributed by atoms with Crippen molar-refractivity contribution in [3.05, 3.63) is 12.7 Å². The van der Waals surface area contributed by atoms with Gasteiger partial charge < -0.3 is 39.9 Å². The molecule has 0 heterocycles. The van der Waals surface area contributed by atoms with E-state index in [1.54, 1.807) is 0 Å². The molecule has 0 radical (unpaired) electrons. The minimum atomic E-state index is -5.11. The molecular formula is C42H79O13P. The molecule has 6 unspecified atom stereocenters. The van der Waals surface area contributed by atoms with Crippen LogP contribution in [-0.2, 0) is 32.7 Å². The number of aliphatic hydroxyl groups excluding tert-OH is 5. The second kappa shape index (κ2) is 33.4. The van der Waals surface area contributed by atoms with Crippen molar-refractivity contribution in [1.29, 1.82) is 0 Å². The van der Waals surface area contributed by atoms with Gasteiger partial charge in [-0.25, -0.2) is 4.57 Å². The number of ether oxygens (including phenoxy) is 2. The Morgan fingerprint density at radius 2 is 0.946 bits per heavy atom. The summed E-state index contributed by atoms with van der Waals surface area (Å²) in [5.41, 5.74) is 0. The van der Waals surface area contributed by atoms with Crippen LogP contribution >= 0.6 is 7.82 Å². The van der Waals surface area contributed by atoms with Gasteiger partial charge in [-0.05, 0) is 25.7 Å². The standard InChI is InChI=1S/C42H79O13P/c1-3-5-7-9-11-13-15-17-18-19-21-23-25-27-29-31-36(44)54-34(32-52-35(43)30-28-26-24-22-20-16-14-12-10-8-6-4-2)33-53-56(50,51)55-42-40(48)38(46)37(45)39(47)41(42)49/h3,34,37-42,45-49H,1,4-33H2,2H3,(H,50,51)/t34-,37?,38+,39?,40?,41?,42?/m1/s1. The summed E-state index contributed by atoms with van der Waals surface area (Å²) in [5.74, 6) is -1.09. The third kappa shape index (κ3) is 25.8. The molecule has 1 fully saturated rings. The predicted octanol–water partition coefficient (Wildman–Crippen LogP) is 7.89. The summed E-state index contributed by atoms with van der Waals surface area (Å²) in [5, 5.41) is 50.0. The van der Waals surface area contributed by atoms with Crippen LogP contribution in [-0.4, -0.2) is 98.3 Å². The molecule has 0 amide bonds. The molecule has 1 aliphatic rings. The normalized spacial score (nSPS) is 22.7. The van der Waals surface area contributed by atoms with Crippen LogP contribution in [0.1, 0.15) is 187 Å². The largest absolute Gasteiger partial charge is 0.472 e. The van der Waals surface area contributed by atoms with Gasteiger partial charge in [-0.3, -0.25) is 18.6 Å². The van der Waals surface area contributed by atoms with E-state index in [1.807, 2.05) is 6.08 Å². The molecule has 0 aromatic carbocycles. The highest BCUT2D eigenvalue weighted by atomic mass is 31.2. The first-order valence-electron chi connectivity index (χ1n) is 22.0. The van der Waals surface area contributed by atoms with E-state index in [2.05, 4.69) is 13.5 Å². The molecule has 0 bridgehead atoms. The van der Waals surface area contributed by atoms with Crippen LogP contribution in [0.4, 0.5) is 0 Å². The lowest BCUT2D eigenvalue weighted by atomic mass is 9.85. The number of phosphoric acid groups is 1. The van der Waals surface area contributed by atoms with Crippen LogP contribution in [0.15, 0.2) is 12.7 Å². The lowest BCUT2D eigenvalue weighted by Gasteiger charge is -2.41. The summed E-state index contributed by atoms with van der Waals surface area (Å²) < 4.78 is 33.5. The summed E-state index contributed by atoms with van der Waals surface area (Å²) in [4.78, 5) is 35.6.